The summed E-state index contributed by atoms with van der Waals surface area (Å²) in [6.45, 7) is 3.99. The van der Waals surface area contributed by atoms with E-state index in [4.69, 9.17) is 21.7 Å². The molecule has 1 aliphatic rings. The highest BCUT2D eigenvalue weighted by molar-refractivity contribution is 8.26. The lowest BCUT2D eigenvalue weighted by Gasteiger charge is -2.11. The molecule has 1 aromatic carbocycles. The molecule has 0 unspecified atom stereocenters. The Morgan fingerprint density at radius 2 is 1.95 bits per heavy atom. The van der Waals surface area contributed by atoms with Crippen LogP contribution >= 0.6 is 24.0 Å². The minimum Gasteiger partial charge on any atom is -0.502 e. The van der Waals surface area contributed by atoms with E-state index >= 15 is 0 Å². The van der Waals surface area contributed by atoms with Crippen molar-refractivity contribution in [1.82, 2.24) is 4.90 Å². The Bertz CT molecular complexity index is 645. The summed E-state index contributed by atoms with van der Waals surface area (Å²) in [6.07, 6.45) is 3.31. The normalized spacial score (nSPS) is 16.3. The molecule has 7 heteroatoms. The van der Waals surface area contributed by atoms with Gasteiger partial charge < -0.3 is 14.6 Å². The number of hydrogen-bond donors (Lipinski definition) is 1. The molecule has 116 valence electrons. The Labute approximate surface area is 138 Å². The Hall–Kier alpha value is -1.99. The third-order valence-corrected chi connectivity index (χ3v) is 4.36. The lowest BCUT2D eigenvalue weighted by molar-refractivity contribution is -0.121. The van der Waals surface area contributed by atoms with E-state index in [1.165, 1.54) is 30.9 Å². The van der Waals surface area contributed by atoms with Crippen LogP contribution in [0.4, 0.5) is 0 Å². The summed E-state index contributed by atoms with van der Waals surface area (Å²) in [6, 6.07) is 3.25. The van der Waals surface area contributed by atoms with Gasteiger partial charge in [-0.15, -0.1) is 6.58 Å². The maximum atomic E-state index is 12.3. The molecule has 0 spiro atoms. The molecule has 0 atom stereocenters. The minimum atomic E-state index is -0.166. The Balaban J connectivity index is 2.39. The van der Waals surface area contributed by atoms with Gasteiger partial charge >= 0.3 is 0 Å². The van der Waals surface area contributed by atoms with E-state index in [2.05, 4.69) is 6.58 Å². The van der Waals surface area contributed by atoms with E-state index in [-0.39, 0.29) is 23.2 Å². The van der Waals surface area contributed by atoms with Gasteiger partial charge in [-0.3, -0.25) is 9.69 Å². The van der Waals surface area contributed by atoms with Crippen molar-refractivity contribution in [2.75, 3.05) is 20.8 Å². The lowest BCUT2D eigenvalue weighted by atomic mass is 10.1. The van der Waals surface area contributed by atoms with Crippen LogP contribution in [-0.2, 0) is 4.79 Å². The molecule has 1 aliphatic heterocycles. The van der Waals surface area contributed by atoms with Crippen molar-refractivity contribution < 1.29 is 19.4 Å². The third kappa shape index (κ3) is 3.10. The number of phenols is 1. The average molecular weight is 337 g/mol. The number of phenolic OH excluding ortho intramolecular Hbond substituents is 1. The number of amides is 1. The van der Waals surface area contributed by atoms with Gasteiger partial charge in [0.2, 0.25) is 5.75 Å². The first-order chi connectivity index (χ1) is 10.5. The molecular weight excluding hydrogens is 322 g/mol. The van der Waals surface area contributed by atoms with E-state index in [1.54, 1.807) is 24.3 Å². The quantitative estimate of drug-likeness (QED) is 0.506. The number of methoxy groups -OCH3 is 2. The molecule has 1 aromatic rings. The molecule has 1 N–H and O–H groups in total. The van der Waals surface area contributed by atoms with Crippen molar-refractivity contribution >= 4 is 40.3 Å². The summed E-state index contributed by atoms with van der Waals surface area (Å²) in [7, 11) is 2.89. The monoisotopic (exact) mass is 337 g/mol. The average Bonchev–Trinajstić information content (AvgIpc) is 2.76. The smallest absolute Gasteiger partial charge is 0.266 e. The second-order valence-corrected chi connectivity index (χ2v) is 6.03. The number of ether oxygens (including phenoxy) is 2. The zero-order chi connectivity index (χ0) is 16.3. The highest BCUT2D eigenvalue weighted by Gasteiger charge is 2.31. The van der Waals surface area contributed by atoms with Gasteiger partial charge in [0.05, 0.1) is 19.1 Å². The summed E-state index contributed by atoms with van der Waals surface area (Å²) in [5, 5.41) is 9.90. The molecule has 1 saturated heterocycles. The van der Waals surface area contributed by atoms with Gasteiger partial charge in [0.15, 0.2) is 11.5 Å². The van der Waals surface area contributed by atoms with E-state index in [9.17, 15) is 9.90 Å². The Morgan fingerprint density at radius 1 is 1.36 bits per heavy atom. The Kier molecular flexibility index (Phi) is 5.10. The largest absolute Gasteiger partial charge is 0.502 e. The fraction of sp³-hybridized carbons (Fsp3) is 0.200. The number of thiocarbonyl (C=S) groups is 1. The second kappa shape index (κ2) is 6.85. The van der Waals surface area contributed by atoms with Gasteiger partial charge in [-0.2, -0.15) is 0 Å². The van der Waals surface area contributed by atoms with Gasteiger partial charge in [-0.25, -0.2) is 0 Å². The number of thioether (sulfide) groups is 1. The maximum Gasteiger partial charge on any atom is 0.266 e. The van der Waals surface area contributed by atoms with E-state index in [0.29, 0.717) is 21.3 Å². The molecule has 1 heterocycles. The number of benzene rings is 1. The van der Waals surface area contributed by atoms with E-state index < -0.39 is 0 Å². The van der Waals surface area contributed by atoms with Crippen molar-refractivity contribution in [1.29, 1.82) is 0 Å². The molecule has 0 radical (unpaired) electrons. The molecule has 5 nitrogen and oxygen atoms in total. The molecule has 1 amide bonds. The summed E-state index contributed by atoms with van der Waals surface area (Å²) >= 11 is 6.41. The highest BCUT2D eigenvalue weighted by atomic mass is 32.2. The van der Waals surface area contributed by atoms with Crippen LogP contribution in [0.5, 0.6) is 17.2 Å². The van der Waals surface area contributed by atoms with Gasteiger partial charge in [-0.05, 0) is 23.8 Å². The minimum absolute atomic E-state index is 0.0821. The number of aromatic hydroxyl groups is 1. The van der Waals surface area contributed by atoms with Crippen molar-refractivity contribution in [3.8, 4) is 17.2 Å². The lowest BCUT2D eigenvalue weighted by Crippen LogP contribution is -2.27. The van der Waals surface area contributed by atoms with Crippen LogP contribution < -0.4 is 9.47 Å². The molecule has 0 bridgehead atoms. The van der Waals surface area contributed by atoms with Crippen LogP contribution in [0.2, 0.25) is 0 Å². The molecule has 22 heavy (non-hydrogen) atoms. The zero-order valence-corrected chi connectivity index (χ0v) is 13.8. The summed E-state index contributed by atoms with van der Waals surface area (Å²) in [5.74, 6) is 0.293. The number of carbonyl (C=O) groups excluding carboxylic acids is 1. The predicted molar refractivity (Wildman–Crippen MR) is 91.3 cm³/mol. The van der Waals surface area contributed by atoms with Crippen molar-refractivity contribution in [2.45, 2.75) is 0 Å². The number of rotatable bonds is 5. The first-order valence-electron chi connectivity index (χ1n) is 6.33. The van der Waals surface area contributed by atoms with Crippen LogP contribution in [0.15, 0.2) is 29.7 Å². The molecular formula is C15H15NO4S2. The maximum absolute atomic E-state index is 12.3. The highest BCUT2D eigenvalue weighted by Crippen LogP contribution is 2.39. The molecule has 0 saturated carbocycles. The second-order valence-electron chi connectivity index (χ2n) is 4.36. The zero-order valence-electron chi connectivity index (χ0n) is 12.2. The van der Waals surface area contributed by atoms with Crippen molar-refractivity contribution in [3.63, 3.8) is 0 Å². The SMILES string of the molecule is C=CCN1C(=O)/C(=C\c2cc(OC)c(O)c(OC)c2)SC1=S. The number of carbonyl (C=O) groups is 1. The molecule has 1 fully saturated rings. The molecule has 0 aliphatic carbocycles. The van der Waals surface area contributed by atoms with E-state index in [1.807, 2.05) is 0 Å². The topological polar surface area (TPSA) is 59.0 Å². The van der Waals surface area contributed by atoms with Crippen LogP contribution in [-0.4, -0.2) is 41.0 Å². The fourth-order valence-corrected chi connectivity index (χ4v) is 3.21. The first kappa shape index (κ1) is 16.4. The summed E-state index contributed by atoms with van der Waals surface area (Å²) in [5.41, 5.74) is 0.672. The Morgan fingerprint density at radius 3 is 2.45 bits per heavy atom. The molecule has 2 rings (SSSR count). The predicted octanol–water partition coefficient (Wildman–Crippen LogP) is 2.80. The number of hydrogen-bond acceptors (Lipinski definition) is 6. The van der Waals surface area contributed by atoms with Gasteiger partial charge in [0.1, 0.15) is 4.32 Å². The van der Waals surface area contributed by atoms with Crippen LogP contribution in [0.3, 0.4) is 0 Å². The van der Waals surface area contributed by atoms with Gasteiger partial charge in [-0.1, -0.05) is 30.1 Å². The van der Waals surface area contributed by atoms with Gasteiger partial charge in [0.25, 0.3) is 5.91 Å². The van der Waals surface area contributed by atoms with Crippen molar-refractivity contribution in [2.24, 2.45) is 0 Å². The van der Waals surface area contributed by atoms with Gasteiger partial charge in [0, 0.05) is 6.54 Å². The third-order valence-electron chi connectivity index (χ3n) is 2.99. The van der Waals surface area contributed by atoms with Crippen molar-refractivity contribution in [3.05, 3.63) is 35.3 Å². The van der Waals surface area contributed by atoms with Crippen LogP contribution in [0.25, 0.3) is 6.08 Å². The van der Waals surface area contributed by atoms with E-state index in [0.717, 1.165) is 0 Å². The number of nitrogens with zero attached hydrogens (tertiary/aromatic N) is 1. The summed E-state index contributed by atoms with van der Waals surface area (Å²) in [4.78, 5) is 14.3. The fourth-order valence-electron chi connectivity index (χ4n) is 1.93. The standard InChI is InChI=1S/C15H15NO4S2/c1-4-5-16-14(18)12(22-15(16)21)8-9-6-10(19-2)13(17)11(7-9)20-3/h4,6-8,17H,1,5H2,2-3H3/b12-8+. The summed E-state index contributed by atoms with van der Waals surface area (Å²) < 4.78 is 10.7. The first-order valence-corrected chi connectivity index (χ1v) is 7.55. The van der Waals surface area contributed by atoms with Crippen LogP contribution in [0, 0.1) is 0 Å². The molecule has 0 aromatic heterocycles. The van der Waals surface area contributed by atoms with Crippen LogP contribution in [0.1, 0.15) is 5.56 Å².